The van der Waals surface area contributed by atoms with Gasteiger partial charge in [-0.25, -0.2) is 4.98 Å². The number of amides is 1. The molecule has 0 aliphatic carbocycles. The van der Waals surface area contributed by atoms with Crippen LogP contribution < -0.4 is 15.0 Å². The Morgan fingerprint density at radius 3 is 3.08 bits per heavy atom. The van der Waals surface area contributed by atoms with Crippen molar-refractivity contribution < 1.29 is 9.53 Å². The predicted octanol–water partition coefficient (Wildman–Crippen LogP) is 2.60. The van der Waals surface area contributed by atoms with Gasteiger partial charge in [-0.15, -0.1) is 0 Å². The first-order valence-electron chi connectivity index (χ1n) is 8.83. The highest BCUT2D eigenvalue weighted by Crippen LogP contribution is 2.31. The zero-order valence-electron chi connectivity index (χ0n) is 14.8. The summed E-state index contributed by atoms with van der Waals surface area (Å²) in [5.74, 6) is 1.28. The minimum Gasteiger partial charge on any atom is -0.495 e. The summed E-state index contributed by atoms with van der Waals surface area (Å²) in [7, 11) is 1.70. The Morgan fingerprint density at radius 1 is 1.31 bits per heavy atom. The van der Waals surface area contributed by atoms with E-state index in [1.165, 1.54) is 0 Å². The van der Waals surface area contributed by atoms with Crippen LogP contribution in [0.15, 0.2) is 55.0 Å². The average Bonchev–Trinajstić information content (AvgIpc) is 3.34. The van der Waals surface area contributed by atoms with E-state index in [-0.39, 0.29) is 5.91 Å². The van der Waals surface area contributed by atoms with Crippen LogP contribution in [0.3, 0.4) is 0 Å². The molecule has 1 aliphatic rings. The maximum Gasteiger partial charge on any atom is 0.252 e. The number of methoxy groups -OCH3 is 1. The van der Waals surface area contributed by atoms with Crippen LogP contribution in [0.1, 0.15) is 16.8 Å². The molecule has 1 fully saturated rings. The lowest BCUT2D eigenvalue weighted by molar-refractivity contribution is 0.0948. The second-order valence-corrected chi connectivity index (χ2v) is 6.59. The highest BCUT2D eigenvalue weighted by Gasteiger charge is 2.25. The van der Waals surface area contributed by atoms with E-state index in [0.717, 1.165) is 36.6 Å². The number of hydrogen-bond donors (Lipinski definition) is 1. The first-order chi connectivity index (χ1) is 12.7. The maximum atomic E-state index is 12.4. The Kier molecular flexibility index (Phi) is 4.48. The van der Waals surface area contributed by atoms with Gasteiger partial charge in [0.2, 0.25) is 0 Å². The van der Waals surface area contributed by atoms with E-state index in [4.69, 9.17) is 4.74 Å². The van der Waals surface area contributed by atoms with Crippen LogP contribution in [0.4, 0.5) is 5.69 Å². The molecule has 1 atom stereocenters. The number of rotatable bonds is 5. The molecule has 1 amide bonds. The van der Waals surface area contributed by atoms with Crippen molar-refractivity contribution in [1.82, 2.24) is 14.7 Å². The van der Waals surface area contributed by atoms with Gasteiger partial charge < -0.3 is 19.4 Å². The third-order valence-corrected chi connectivity index (χ3v) is 4.91. The zero-order chi connectivity index (χ0) is 17.9. The lowest BCUT2D eigenvalue weighted by Crippen LogP contribution is -2.31. The van der Waals surface area contributed by atoms with Crippen LogP contribution in [0.25, 0.3) is 5.65 Å². The number of hydrogen-bond acceptors (Lipinski definition) is 4. The second-order valence-electron chi connectivity index (χ2n) is 6.59. The first-order valence-corrected chi connectivity index (χ1v) is 8.83. The van der Waals surface area contributed by atoms with E-state index in [9.17, 15) is 4.79 Å². The molecule has 0 saturated carbocycles. The zero-order valence-corrected chi connectivity index (χ0v) is 14.8. The Labute approximate surface area is 152 Å². The fourth-order valence-electron chi connectivity index (χ4n) is 3.50. The number of pyridine rings is 1. The largest absolute Gasteiger partial charge is 0.495 e. The number of aromatic nitrogens is 2. The van der Waals surface area contributed by atoms with E-state index >= 15 is 0 Å². The van der Waals surface area contributed by atoms with Crippen molar-refractivity contribution in [1.29, 1.82) is 0 Å². The molecule has 3 heterocycles. The summed E-state index contributed by atoms with van der Waals surface area (Å²) >= 11 is 0. The van der Waals surface area contributed by atoms with Gasteiger partial charge >= 0.3 is 0 Å². The standard InChI is InChI=1S/C20H22N4O2/c1-26-18-5-3-2-4-17(18)23-10-8-15(13-23)12-22-20(25)16-6-7-19-21-9-11-24(19)14-16/h2-7,9,11,14-15H,8,10,12-13H2,1H3,(H,22,25). The van der Waals surface area contributed by atoms with Crippen LogP contribution in [-0.4, -0.2) is 42.0 Å². The van der Waals surface area contributed by atoms with Crippen molar-refractivity contribution in [2.45, 2.75) is 6.42 Å². The molecule has 0 spiro atoms. The molecule has 6 heteroatoms. The highest BCUT2D eigenvalue weighted by molar-refractivity contribution is 5.94. The minimum absolute atomic E-state index is 0.0451. The molecule has 3 aromatic rings. The predicted molar refractivity (Wildman–Crippen MR) is 101 cm³/mol. The maximum absolute atomic E-state index is 12.4. The summed E-state index contributed by atoms with van der Waals surface area (Å²) in [5.41, 5.74) is 2.61. The van der Waals surface area contributed by atoms with Crippen molar-refractivity contribution >= 4 is 17.2 Å². The molecule has 0 radical (unpaired) electrons. The van der Waals surface area contributed by atoms with Gasteiger partial charge in [0.05, 0.1) is 18.4 Å². The molecular weight excluding hydrogens is 328 g/mol. The second kappa shape index (κ2) is 7.07. The van der Waals surface area contributed by atoms with E-state index in [0.29, 0.717) is 18.0 Å². The molecule has 1 saturated heterocycles. The fraction of sp³-hybridized carbons (Fsp3) is 0.300. The molecular formula is C20H22N4O2. The van der Waals surface area contributed by atoms with Gasteiger partial charge in [-0.2, -0.15) is 0 Å². The highest BCUT2D eigenvalue weighted by atomic mass is 16.5. The smallest absolute Gasteiger partial charge is 0.252 e. The Balaban J connectivity index is 1.36. The van der Waals surface area contributed by atoms with E-state index < -0.39 is 0 Å². The molecule has 0 bridgehead atoms. The topological polar surface area (TPSA) is 58.9 Å². The summed E-state index contributed by atoms with van der Waals surface area (Å²) in [6.45, 7) is 2.57. The Hall–Kier alpha value is -3.02. The number of imidazole rings is 1. The van der Waals surface area contributed by atoms with Crippen molar-refractivity contribution in [2.75, 3.05) is 31.6 Å². The molecule has 1 aliphatic heterocycles. The average molecular weight is 350 g/mol. The number of nitrogens with zero attached hydrogens (tertiary/aromatic N) is 3. The Bertz CT molecular complexity index is 921. The van der Waals surface area contributed by atoms with Crippen LogP contribution in [-0.2, 0) is 0 Å². The van der Waals surface area contributed by atoms with E-state index in [2.05, 4.69) is 21.3 Å². The number of benzene rings is 1. The van der Waals surface area contributed by atoms with Crippen molar-refractivity contribution in [2.24, 2.45) is 5.92 Å². The lowest BCUT2D eigenvalue weighted by atomic mass is 10.1. The molecule has 1 N–H and O–H groups in total. The lowest BCUT2D eigenvalue weighted by Gasteiger charge is -2.21. The first kappa shape index (κ1) is 16.4. The molecule has 6 nitrogen and oxygen atoms in total. The summed E-state index contributed by atoms with van der Waals surface area (Å²) in [6, 6.07) is 11.7. The molecule has 2 aromatic heterocycles. The normalized spacial score (nSPS) is 16.8. The van der Waals surface area contributed by atoms with Crippen molar-refractivity contribution in [3.05, 3.63) is 60.6 Å². The number of fused-ring (bicyclic) bond motifs is 1. The number of carbonyl (C=O) groups excluding carboxylic acids is 1. The fourth-order valence-corrected chi connectivity index (χ4v) is 3.50. The number of ether oxygens (including phenoxy) is 1. The van der Waals surface area contributed by atoms with Crippen LogP contribution in [0.5, 0.6) is 5.75 Å². The molecule has 4 rings (SSSR count). The number of anilines is 1. The van der Waals surface area contributed by atoms with Crippen LogP contribution in [0, 0.1) is 5.92 Å². The van der Waals surface area contributed by atoms with E-state index in [1.807, 2.05) is 47.1 Å². The van der Waals surface area contributed by atoms with Crippen molar-refractivity contribution in [3.8, 4) is 5.75 Å². The number of carbonyl (C=O) groups is 1. The van der Waals surface area contributed by atoms with Gasteiger partial charge in [0.25, 0.3) is 5.91 Å². The molecule has 1 aromatic carbocycles. The third-order valence-electron chi connectivity index (χ3n) is 4.91. The van der Waals surface area contributed by atoms with Gasteiger partial charge in [0.1, 0.15) is 11.4 Å². The summed E-state index contributed by atoms with van der Waals surface area (Å²) in [4.78, 5) is 19.0. The van der Waals surface area contributed by atoms with Gasteiger partial charge in [0, 0.05) is 38.2 Å². The Morgan fingerprint density at radius 2 is 2.19 bits per heavy atom. The molecule has 26 heavy (non-hydrogen) atoms. The molecule has 1 unspecified atom stereocenters. The monoisotopic (exact) mass is 350 g/mol. The summed E-state index contributed by atoms with van der Waals surface area (Å²) < 4.78 is 7.31. The number of para-hydroxylation sites is 2. The van der Waals surface area contributed by atoms with Gasteiger partial charge in [-0.1, -0.05) is 12.1 Å². The van der Waals surface area contributed by atoms with Crippen molar-refractivity contribution in [3.63, 3.8) is 0 Å². The van der Waals surface area contributed by atoms with Crippen LogP contribution >= 0.6 is 0 Å². The quantitative estimate of drug-likeness (QED) is 0.768. The SMILES string of the molecule is COc1ccccc1N1CCC(CNC(=O)c2ccc3nccn3c2)C1. The van der Waals surface area contributed by atoms with E-state index in [1.54, 1.807) is 13.3 Å². The van der Waals surface area contributed by atoms with Gasteiger partial charge in [-0.3, -0.25) is 4.79 Å². The van der Waals surface area contributed by atoms with Gasteiger partial charge in [0.15, 0.2) is 0 Å². The van der Waals surface area contributed by atoms with Crippen LogP contribution in [0.2, 0.25) is 0 Å². The number of nitrogens with one attached hydrogen (secondary N) is 1. The summed E-state index contributed by atoms with van der Waals surface area (Å²) in [6.07, 6.45) is 6.43. The third kappa shape index (κ3) is 3.22. The van der Waals surface area contributed by atoms with Gasteiger partial charge in [-0.05, 0) is 36.6 Å². The summed E-state index contributed by atoms with van der Waals surface area (Å²) in [5, 5.41) is 3.07. The minimum atomic E-state index is -0.0451. The molecule has 134 valence electrons.